The molecule has 0 spiro atoms. The summed E-state index contributed by atoms with van der Waals surface area (Å²) in [5.74, 6) is 1.88. The second-order valence-corrected chi connectivity index (χ2v) is 8.70. The van der Waals surface area contributed by atoms with E-state index in [2.05, 4.69) is 70.9 Å². The monoisotopic (exact) mass is 398 g/mol. The van der Waals surface area contributed by atoms with Crippen LogP contribution in [0.5, 0.6) is 0 Å². The lowest BCUT2D eigenvalue weighted by Crippen LogP contribution is -2.43. The van der Waals surface area contributed by atoms with E-state index in [0.717, 1.165) is 36.3 Å². The van der Waals surface area contributed by atoms with Crippen molar-refractivity contribution in [3.63, 3.8) is 0 Å². The molecule has 3 nitrogen and oxygen atoms in total. The number of carbonyl (C=O) groups excluding carboxylic acids is 1. The van der Waals surface area contributed by atoms with Gasteiger partial charge in [-0.2, -0.15) is 0 Å². The number of likely N-dealkylation sites (N-methyl/N-ethyl adjacent to an activating group) is 1. The molecule has 1 atom stereocenters. The van der Waals surface area contributed by atoms with E-state index in [0.29, 0.717) is 24.3 Å². The van der Waals surface area contributed by atoms with Crippen molar-refractivity contribution in [1.29, 1.82) is 0 Å². The van der Waals surface area contributed by atoms with E-state index in [-0.39, 0.29) is 0 Å². The Balaban J connectivity index is 2.03. The number of rotatable bonds is 6. The topological polar surface area (TPSA) is 23.6 Å². The van der Waals surface area contributed by atoms with Gasteiger partial charge in [0.25, 0.3) is 0 Å². The number of benzene rings is 1. The minimum absolute atomic E-state index is 0.316. The molecule has 1 saturated heterocycles. The quantitative estimate of drug-likeness (QED) is 0.673. The van der Waals surface area contributed by atoms with Crippen molar-refractivity contribution in [2.75, 3.05) is 32.4 Å². The van der Waals surface area contributed by atoms with Gasteiger partial charge in [-0.05, 0) is 43.7 Å². The van der Waals surface area contributed by atoms with Crippen LogP contribution in [0.2, 0.25) is 0 Å². The Kier molecular flexibility index (Phi) is 7.44. The van der Waals surface area contributed by atoms with Gasteiger partial charge in [-0.25, -0.2) is 0 Å². The second-order valence-electron chi connectivity index (χ2n) is 6.69. The summed E-state index contributed by atoms with van der Waals surface area (Å²) in [5.41, 5.74) is 0. The number of hydrogen-bond acceptors (Lipinski definition) is 3. The third-order valence-corrected chi connectivity index (χ3v) is 5.88. The summed E-state index contributed by atoms with van der Waals surface area (Å²) in [4.78, 5) is 18.2. The first kappa shape index (κ1) is 18.8. The highest BCUT2D eigenvalue weighted by atomic mass is 79.9. The van der Waals surface area contributed by atoms with Crippen molar-refractivity contribution in [3.8, 4) is 0 Å². The fraction of sp³-hybridized carbons (Fsp3) is 0.611. The fourth-order valence-corrected chi connectivity index (χ4v) is 4.18. The molecule has 0 N–H and O–H groups in total. The summed E-state index contributed by atoms with van der Waals surface area (Å²) in [5, 5.41) is 0. The predicted octanol–water partition coefficient (Wildman–Crippen LogP) is 4.12. The Morgan fingerprint density at radius 1 is 1.17 bits per heavy atom. The number of carbonyl (C=O) groups is 1. The molecule has 5 heteroatoms. The molecule has 1 amide bonds. The highest BCUT2D eigenvalue weighted by Crippen LogP contribution is 2.25. The van der Waals surface area contributed by atoms with Crippen LogP contribution < -0.4 is 0 Å². The third kappa shape index (κ3) is 6.12. The lowest BCUT2D eigenvalue weighted by Gasteiger charge is -2.32. The zero-order valence-electron chi connectivity index (χ0n) is 14.3. The van der Waals surface area contributed by atoms with Gasteiger partial charge in [0.1, 0.15) is 0 Å². The van der Waals surface area contributed by atoms with Crippen LogP contribution in [-0.2, 0) is 4.79 Å². The van der Waals surface area contributed by atoms with Crippen LogP contribution in [0.3, 0.4) is 0 Å². The molecule has 1 heterocycles. The van der Waals surface area contributed by atoms with Gasteiger partial charge in [-0.1, -0.05) is 29.8 Å². The third-order valence-electron chi connectivity index (χ3n) is 4.19. The van der Waals surface area contributed by atoms with Crippen molar-refractivity contribution >= 4 is 33.6 Å². The highest BCUT2D eigenvalue weighted by molar-refractivity contribution is 9.10. The van der Waals surface area contributed by atoms with Gasteiger partial charge < -0.3 is 9.80 Å². The summed E-state index contributed by atoms with van der Waals surface area (Å²) in [6.45, 7) is 7.19. The number of hydrogen-bond donors (Lipinski definition) is 0. The minimum atomic E-state index is 0.316. The summed E-state index contributed by atoms with van der Waals surface area (Å²) in [6, 6.07) is 8.75. The maximum atomic E-state index is 12.5. The van der Waals surface area contributed by atoms with E-state index in [1.54, 1.807) is 0 Å². The second kappa shape index (κ2) is 9.09. The van der Waals surface area contributed by atoms with Gasteiger partial charge in [0, 0.05) is 47.2 Å². The number of halogens is 1. The molecule has 0 saturated carbocycles. The number of nitrogens with zero attached hydrogens (tertiary/aromatic N) is 2. The first-order valence-corrected chi connectivity index (χ1v) is 10.1. The molecular weight excluding hydrogens is 372 g/mol. The summed E-state index contributed by atoms with van der Waals surface area (Å²) >= 11 is 5.33. The first-order chi connectivity index (χ1) is 11.0. The molecule has 1 aromatic carbocycles. The van der Waals surface area contributed by atoms with Gasteiger partial charge in [0.15, 0.2) is 0 Å². The van der Waals surface area contributed by atoms with Crippen LogP contribution in [0.25, 0.3) is 0 Å². The van der Waals surface area contributed by atoms with Gasteiger partial charge in [0.2, 0.25) is 5.91 Å². The maximum Gasteiger partial charge on any atom is 0.224 e. The van der Waals surface area contributed by atoms with Gasteiger partial charge in [-0.15, -0.1) is 11.8 Å². The Hall–Kier alpha value is -0.520. The normalized spacial score (nSPS) is 18.3. The van der Waals surface area contributed by atoms with Crippen molar-refractivity contribution in [2.24, 2.45) is 5.92 Å². The Morgan fingerprint density at radius 3 is 2.52 bits per heavy atom. The van der Waals surface area contributed by atoms with E-state index in [9.17, 15) is 4.79 Å². The standard InChI is InChI=1S/C18H27BrN2OS/c1-14(2)12-16(13-23-17-6-4-15(19)5-7-17)21-11-10-20(3)9-8-18(21)22/h4-7,14,16H,8-13H2,1-3H3/t16-/m0/s1. The molecule has 128 valence electrons. The molecule has 23 heavy (non-hydrogen) atoms. The average molecular weight is 399 g/mol. The van der Waals surface area contributed by atoms with Crippen molar-refractivity contribution in [3.05, 3.63) is 28.7 Å². The fourth-order valence-electron chi connectivity index (χ4n) is 2.88. The predicted molar refractivity (Wildman–Crippen MR) is 102 cm³/mol. The SMILES string of the molecule is CC(C)C[C@@H](CSc1ccc(Br)cc1)N1CCN(C)CCC1=O. The molecule has 0 radical (unpaired) electrons. The lowest BCUT2D eigenvalue weighted by atomic mass is 10.0. The van der Waals surface area contributed by atoms with Crippen LogP contribution in [0.4, 0.5) is 0 Å². The smallest absolute Gasteiger partial charge is 0.224 e. The minimum Gasteiger partial charge on any atom is -0.338 e. The zero-order chi connectivity index (χ0) is 16.8. The summed E-state index contributed by atoms with van der Waals surface area (Å²) in [7, 11) is 2.10. The zero-order valence-corrected chi connectivity index (χ0v) is 16.7. The molecule has 1 aromatic rings. The molecule has 1 aliphatic heterocycles. The maximum absolute atomic E-state index is 12.5. The van der Waals surface area contributed by atoms with E-state index in [1.165, 1.54) is 4.90 Å². The highest BCUT2D eigenvalue weighted by Gasteiger charge is 2.26. The molecule has 2 rings (SSSR count). The Bertz CT molecular complexity index is 506. The van der Waals surface area contributed by atoms with Crippen molar-refractivity contribution < 1.29 is 4.79 Å². The molecular formula is C18H27BrN2OS. The molecule has 0 aromatic heterocycles. The van der Waals surface area contributed by atoms with Gasteiger partial charge in [0.05, 0.1) is 0 Å². The molecule has 0 unspecified atom stereocenters. The van der Waals surface area contributed by atoms with Crippen LogP contribution in [-0.4, -0.2) is 54.2 Å². The molecule has 1 fully saturated rings. The van der Waals surface area contributed by atoms with Gasteiger partial charge in [-0.3, -0.25) is 4.79 Å². The van der Waals surface area contributed by atoms with Crippen molar-refractivity contribution in [2.45, 2.75) is 37.6 Å². The van der Waals surface area contributed by atoms with Crippen LogP contribution in [0.15, 0.2) is 33.6 Å². The van der Waals surface area contributed by atoms with E-state index in [1.807, 2.05) is 11.8 Å². The molecule has 0 aliphatic carbocycles. The number of thioether (sulfide) groups is 1. The van der Waals surface area contributed by atoms with E-state index in [4.69, 9.17) is 0 Å². The largest absolute Gasteiger partial charge is 0.338 e. The molecule has 0 bridgehead atoms. The Morgan fingerprint density at radius 2 is 1.87 bits per heavy atom. The lowest BCUT2D eigenvalue weighted by molar-refractivity contribution is -0.132. The van der Waals surface area contributed by atoms with Gasteiger partial charge >= 0.3 is 0 Å². The Labute approximate surface area is 152 Å². The van der Waals surface area contributed by atoms with Crippen molar-refractivity contribution in [1.82, 2.24) is 9.80 Å². The number of amides is 1. The molecule has 1 aliphatic rings. The average Bonchev–Trinajstić information content (AvgIpc) is 2.67. The van der Waals surface area contributed by atoms with E-state index < -0.39 is 0 Å². The summed E-state index contributed by atoms with van der Waals surface area (Å²) in [6.07, 6.45) is 1.72. The van der Waals surface area contributed by atoms with Crippen LogP contribution in [0, 0.1) is 5.92 Å². The first-order valence-electron chi connectivity index (χ1n) is 8.32. The van der Waals surface area contributed by atoms with E-state index >= 15 is 0 Å². The van der Waals surface area contributed by atoms with Crippen LogP contribution in [0.1, 0.15) is 26.7 Å². The summed E-state index contributed by atoms with van der Waals surface area (Å²) < 4.78 is 1.10. The van der Waals surface area contributed by atoms with Crippen LogP contribution >= 0.6 is 27.7 Å².